The maximum atomic E-state index is 6.17. The van der Waals surface area contributed by atoms with Gasteiger partial charge in [0.2, 0.25) is 0 Å². The first-order chi connectivity index (χ1) is 16.4. The summed E-state index contributed by atoms with van der Waals surface area (Å²) in [5, 5.41) is 20.5. The Morgan fingerprint density at radius 3 is 2.62 bits per heavy atom. The summed E-state index contributed by atoms with van der Waals surface area (Å²) in [6.45, 7) is 8.69. The number of anilines is 2. The van der Waals surface area contributed by atoms with Crippen molar-refractivity contribution in [3.05, 3.63) is 71.1 Å². The summed E-state index contributed by atoms with van der Waals surface area (Å²) in [6.07, 6.45) is 5.41. The van der Waals surface area contributed by atoms with Crippen LogP contribution in [0, 0.1) is 5.41 Å². The van der Waals surface area contributed by atoms with Crippen LogP contribution in [0.2, 0.25) is 5.02 Å². The number of fused-ring (bicyclic) bond motifs is 1. The highest BCUT2D eigenvalue weighted by Gasteiger charge is 2.34. The van der Waals surface area contributed by atoms with Crippen molar-refractivity contribution in [1.82, 2.24) is 25.3 Å². The molecule has 7 nitrogen and oxygen atoms in total. The van der Waals surface area contributed by atoms with Crippen LogP contribution in [0.15, 0.2) is 54.7 Å². The van der Waals surface area contributed by atoms with Crippen LogP contribution in [-0.2, 0) is 0 Å². The minimum absolute atomic E-state index is 0.0270. The molecular weight excluding hydrogens is 446 g/mol. The highest BCUT2D eigenvalue weighted by Crippen LogP contribution is 2.40. The topological polar surface area (TPSA) is 71.8 Å². The summed E-state index contributed by atoms with van der Waals surface area (Å²) in [4.78, 5) is 6.40. The van der Waals surface area contributed by atoms with Crippen LogP contribution in [0.4, 0.5) is 11.4 Å². The fraction of sp³-hybridized carbons (Fsp3) is 0.385. The van der Waals surface area contributed by atoms with Crippen molar-refractivity contribution in [3.63, 3.8) is 0 Å². The lowest BCUT2D eigenvalue weighted by Gasteiger charge is -2.34. The second-order valence-electron chi connectivity index (χ2n) is 10.0. The Bertz CT molecular complexity index is 1290. The van der Waals surface area contributed by atoms with E-state index in [1.165, 1.54) is 24.8 Å². The zero-order valence-corrected chi connectivity index (χ0v) is 20.6. The number of nitrogens with zero attached hydrogens (tertiary/aromatic N) is 6. The highest BCUT2D eigenvalue weighted by atomic mass is 35.5. The molecule has 34 heavy (non-hydrogen) atoms. The third-order valence-corrected chi connectivity index (χ3v) is 6.64. The normalized spacial score (nSPS) is 15.5. The molecule has 1 N–H and O–H groups in total. The molecule has 1 saturated heterocycles. The molecule has 0 bridgehead atoms. The van der Waals surface area contributed by atoms with Gasteiger partial charge in [-0.05, 0) is 77.1 Å². The van der Waals surface area contributed by atoms with Crippen molar-refractivity contribution in [2.45, 2.75) is 46.0 Å². The van der Waals surface area contributed by atoms with Crippen LogP contribution >= 0.6 is 11.6 Å². The standard InChI is InChI=1S/C26H30ClN7/c1-26(2,3)24(25-30-31-32-34(25)33-14-5-4-6-15-33)18-8-7-9-20(16-18)29-22-12-13-28-23-17-19(27)10-11-21(22)23/h7-13,16-17,24H,4-6,14-15H2,1-3H3,(H,28,29). The molecule has 176 valence electrons. The lowest BCUT2D eigenvalue weighted by Crippen LogP contribution is -2.42. The molecule has 1 atom stereocenters. The molecule has 1 unspecified atom stereocenters. The number of benzene rings is 2. The molecule has 0 saturated carbocycles. The maximum absolute atomic E-state index is 6.17. The van der Waals surface area contributed by atoms with Gasteiger partial charge in [-0.25, -0.2) is 0 Å². The molecule has 0 spiro atoms. The molecular formula is C26H30ClN7. The van der Waals surface area contributed by atoms with Crippen molar-refractivity contribution in [3.8, 4) is 0 Å². The molecule has 1 aliphatic heterocycles. The molecule has 2 aromatic carbocycles. The zero-order chi connectivity index (χ0) is 23.7. The average Bonchev–Trinajstić information content (AvgIpc) is 3.28. The first kappa shape index (κ1) is 22.6. The molecule has 8 heteroatoms. The Labute approximate surface area is 205 Å². The molecule has 0 radical (unpaired) electrons. The average molecular weight is 476 g/mol. The van der Waals surface area contributed by atoms with Gasteiger partial charge in [0, 0.05) is 41.1 Å². The third-order valence-electron chi connectivity index (χ3n) is 6.41. The van der Waals surface area contributed by atoms with Crippen LogP contribution in [-0.4, -0.2) is 38.4 Å². The van der Waals surface area contributed by atoms with Crippen molar-refractivity contribution in [2.24, 2.45) is 5.41 Å². The second-order valence-corrected chi connectivity index (χ2v) is 10.4. The largest absolute Gasteiger partial charge is 0.355 e. The number of halogens is 1. The number of hydrogen-bond acceptors (Lipinski definition) is 6. The van der Waals surface area contributed by atoms with Gasteiger partial charge < -0.3 is 5.32 Å². The van der Waals surface area contributed by atoms with Gasteiger partial charge in [-0.1, -0.05) is 44.5 Å². The summed E-state index contributed by atoms with van der Waals surface area (Å²) in [6, 6.07) is 16.3. The minimum Gasteiger partial charge on any atom is -0.355 e. The first-order valence-corrected chi connectivity index (χ1v) is 12.2. The van der Waals surface area contributed by atoms with Crippen LogP contribution in [0.5, 0.6) is 0 Å². The number of piperidine rings is 1. The van der Waals surface area contributed by atoms with E-state index in [0.29, 0.717) is 5.02 Å². The Morgan fingerprint density at radius 1 is 1.00 bits per heavy atom. The van der Waals surface area contributed by atoms with E-state index in [9.17, 15) is 0 Å². The van der Waals surface area contributed by atoms with Crippen molar-refractivity contribution in [1.29, 1.82) is 0 Å². The van der Waals surface area contributed by atoms with Gasteiger partial charge >= 0.3 is 0 Å². The van der Waals surface area contributed by atoms with E-state index in [2.05, 4.69) is 75.9 Å². The van der Waals surface area contributed by atoms with E-state index in [1.54, 1.807) is 6.20 Å². The lowest BCUT2D eigenvalue weighted by molar-refractivity contribution is 0.326. The lowest BCUT2D eigenvalue weighted by atomic mass is 9.76. The monoisotopic (exact) mass is 475 g/mol. The van der Waals surface area contributed by atoms with Gasteiger partial charge in [0.25, 0.3) is 0 Å². The molecule has 0 aliphatic carbocycles. The second kappa shape index (κ2) is 9.22. The number of nitrogens with one attached hydrogen (secondary N) is 1. The Morgan fingerprint density at radius 2 is 1.82 bits per heavy atom. The molecule has 1 fully saturated rings. The number of aromatic nitrogens is 5. The van der Waals surface area contributed by atoms with E-state index < -0.39 is 0 Å². The quantitative estimate of drug-likeness (QED) is 0.386. The zero-order valence-electron chi connectivity index (χ0n) is 19.9. The van der Waals surface area contributed by atoms with Crippen LogP contribution in [0.1, 0.15) is 57.3 Å². The maximum Gasteiger partial charge on any atom is 0.182 e. The predicted molar refractivity (Wildman–Crippen MR) is 137 cm³/mol. The Kier molecular flexibility index (Phi) is 6.13. The number of tetrazole rings is 1. The van der Waals surface area contributed by atoms with Crippen molar-refractivity contribution in [2.75, 3.05) is 23.4 Å². The van der Waals surface area contributed by atoms with E-state index >= 15 is 0 Å². The van der Waals surface area contributed by atoms with Gasteiger partial charge in [-0.15, -0.1) is 9.89 Å². The minimum atomic E-state index is -0.0824. The van der Waals surface area contributed by atoms with Gasteiger partial charge in [-0.3, -0.25) is 9.99 Å². The van der Waals surface area contributed by atoms with E-state index in [0.717, 1.165) is 41.2 Å². The summed E-state index contributed by atoms with van der Waals surface area (Å²) in [7, 11) is 0. The van der Waals surface area contributed by atoms with Gasteiger partial charge in [0.1, 0.15) is 0 Å². The van der Waals surface area contributed by atoms with Crippen LogP contribution in [0.25, 0.3) is 10.9 Å². The summed E-state index contributed by atoms with van der Waals surface area (Å²) < 4.78 is 0. The Hall–Kier alpha value is -3.19. The number of rotatable bonds is 5. The predicted octanol–water partition coefficient (Wildman–Crippen LogP) is 5.92. The molecule has 2 aromatic heterocycles. The number of hydrogen-bond donors (Lipinski definition) is 1. The van der Waals surface area contributed by atoms with Crippen LogP contribution in [0.3, 0.4) is 0 Å². The van der Waals surface area contributed by atoms with Gasteiger partial charge in [-0.2, -0.15) is 0 Å². The van der Waals surface area contributed by atoms with E-state index in [-0.39, 0.29) is 11.3 Å². The van der Waals surface area contributed by atoms with Gasteiger partial charge in [0.05, 0.1) is 11.4 Å². The molecule has 0 amide bonds. The fourth-order valence-electron chi connectivity index (χ4n) is 4.85. The van der Waals surface area contributed by atoms with E-state index in [4.69, 9.17) is 11.6 Å². The number of pyridine rings is 1. The van der Waals surface area contributed by atoms with Crippen LogP contribution < -0.4 is 10.3 Å². The summed E-state index contributed by atoms with van der Waals surface area (Å²) in [5.74, 6) is 0.912. The molecule has 4 aromatic rings. The van der Waals surface area contributed by atoms with Crippen molar-refractivity contribution < 1.29 is 0 Å². The first-order valence-electron chi connectivity index (χ1n) is 11.8. The summed E-state index contributed by atoms with van der Waals surface area (Å²) >= 11 is 6.17. The van der Waals surface area contributed by atoms with Crippen molar-refractivity contribution >= 4 is 33.9 Å². The smallest absolute Gasteiger partial charge is 0.182 e. The Balaban J connectivity index is 1.51. The SMILES string of the molecule is CC(C)(C)C(c1cccc(Nc2ccnc3cc(Cl)ccc23)c1)c1nnnn1N1CCCCC1. The highest BCUT2D eigenvalue weighted by molar-refractivity contribution is 6.31. The van der Waals surface area contributed by atoms with Gasteiger partial charge in [0.15, 0.2) is 5.82 Å². The molecule has 1 aliphatic rings. The molecule has 3 heterocycles. The third kappa shape index (κ3) is 4.57. The molecule has 5 rings (SSSR count). The fourth-order valence-corrected chi connectivity index (χ4v) is 5.02. The summed E-state index contributed by atoms with van der Waals surface area (Å²) in [5.41, 5.74) is 3.95. The van der Waals surface area contributed by atoms with E-state index in [1.807, 2.05) is 29.1 Å².